The Kier molecular flexibility index (Phi) is 4.50. The average molecular weight is 270 g/mol. The number of hydrogen-bond donors (Lipinski definition) is 1. The van der Waals surface area contributed by atoms with Crippen LogP contribution in [0.5, 0.6) is 0 Å². The summed E-state index contributed by atoms with van der Waals surface area (Å²) in [6.45, 7) is 8.12. The summed E-state index contributed by atoms with van der Waals surface area (Å²) in [5.41, 5.74) is 6.30. The van der Waals surface area contributed by atoms with Crippen molar-refractivity contribution in [3.05, 3.63) is 57.9 Å². The highest BCUT2D eigenvalue weighted by atomic mass is 16.3. The molecule has 1 N–H and O–H groups in total. The Bertz CT molecular complexity index is 588. The number of aromatic nitrogens is 2. The number of benzene rings is 1. The second-order valence-electron chi connectivity index (χ2n) is 5.33. The molecule has 0 aliphatic carbocycles. The van der Waals surface area contributed by atoms with Gasteiger partial charge in [-0.1, -0.05) is 25.1 Å². The van der Waals surface area contributed by atoms with Crippen LogP contribution in [-0.4, -0.2) is 15.3 Å². The van der Waals surface area contributed by atoms with Crippen LogP contribution >= 0.6 is 0 Å². The van der Waals surface area contributed by atoms with Crippen molar-refractivity contribution in [1.82, 2.24) is 10.2 Å². The predicted molar refractivity (Wildman–Crippen MR) is 80.7 cm³/mol. The molecule has 3 nitrogen and oxygen atoms in total. The van der Waals surface area contributed by atoms with Gasteiger partial charge in [0.25, 0.3) is 0 Å². The zero-order valence-corrected chi connectivity index (χ0v) is 12.6. The molecule has 0 saturated carbocycles. The van der Waals surface area contributed by atoms with Crippen molar-refractivity contribution in [3.63, 3.8) is 0 Å². The largest absolute Gasteiger partial charge is 0.388 e. The molecule has 0 fully saturated rings. The van der Waals surface area contributed by atoms with E-state index in [0.29, 0.717) is 6.42 Å². The summed E-state index contributed by atoms with van der Waals surface area (Å²) in [7, 11) is 0. The zero-order chi connectivity index (χ0) is 14.7. The van der Waals surface area contributed by atoms with Gasteiger partial charge < -0.3 is 5.11 Å². The molecule has 0 saturated heterocycles. The predicted octanol–water partition coefficient (Wildman–Crippen LogP) is 3.24. The van der Waals surface area contributed by atoms with Crippen molar-refractivity contribution < 1.29 is 5.11 Å². The minimum atomic E-state index is -0.529. The van der Waals surface area contributed by atoms with Crippen molar-refractivity contribution >= 4 is 0 Å². The maximum atomic E-state index is 10.6. The minimum Gasteiger partial charge on any atom is -0.388 e. The molecular formula is C17H22N2O. The molecule has 0 aliphatic rings. The lowest BCUT2D eigenvalue weighted by atomic mass is 9.93. The highest BCUT2D eigenvalue weighted by molar-refractivity contribution is 5.35. The van der Waals surface area contributed by atoms with E-state index in [-0.39, 0.29) is 0 Å². The molecular weight excluding hydrogens is 248 g/mol. The summed E-state index contributed by atoms with van der Waals surface area (Å²) < 4.78 is 0. The SMILES string of the molecule is CCc1nnc(C)cc1C(O)Cc1c(C)cccc1C. The molecule has 20 heavy (non-hydrogen) atoms. The van der Waals surface area contributed by atoms with Crippen molar-refractivity contribution in [1.29, 1.82) is 0 Å². The molecule has 3 heteroatoms. The van der Waals surface area contributed by atoms with E-state index in [1.807, 2.05) is 19.9 Å². The molecule has 0 aliphatic heterocycles. The number of aryl methyl sites for hydroxylation is 4. The minimum absolute atomic E-state index is 0.529. The van der Waals surface area contributed by atoms with Gasteiger partial charge >= 0.3 is 0 Å². The van der Waals surface area contributed by atoms with Gasteiger partial charge in [-0.15, -0.1) is 0 Å². The first kappa shape index (κ1) is 14.7. The van der Waals surface area contributed by atoms with Gasteiger partial charge in [-0.25, -0.2) is 0 Å². The highest BCUT2D eigenvalue weighted by Gasteiger charge is 2.16. The maximum absolute atomic E-state index is 10.6. The van der Waals surface area contributed by atoms with Crippen molar-refractivity contribution in [3.8, 4) is 0 Å². The third-order valence-electron chi connectivity index (χ3n) is 3.76. The van der Waals surface area contributed by atoms with Gasteiger partial charge in [0.15, 0.2) is 0 Å². The molecule has 1 unspecified atom stereocenters. The highest BCUT2D eigenvalue weighted by Crippen LogP contribution is 2.25. The molecule has 1 heterocycles. The molecule has 1 aromatic heterocycles. The van der Waals surface area contributed by atoms with E-state index in [2.05, 4.69) is 42.2 Å². The van der Waals surface area contributed by atoms with Crippen LogP contribution in [0, 0.1) is 20.8 Å². The Labute approximate surface area is 120 Å². The Balaban J connectivity index is 2.33. The van der Waals surface area contributed by atoms with Crippen molar-refractivity contribution in [2.24, 2.45) is 0 Å². The molecule has 2 aromatic rings. The third-order valence-corrected chi connectivity index (χ3v) is 3.76. The van der Waals surface area contributed by atoms with E-state index >= 15 is 0 Å². The van der Waals surface area contributed by atoms with E-state index in [1.54, 1.807) is 0 Å². The van der Waals surface area contributed by atoms with Gasteiger partial charge in [0.1, 0.15) is 0 Å². The second-order valence-corrected chi connectivity index (χ2v) is 5.33. The van der Waals surface area contributed by atoms with Gasteiger partial charge in [-0.3, -0.25) is 0 Å². The monoisotopic (exact) mass is 270 g/mol. The second kappa shape index (κ2) is 6.14. The summed E-state index contributed by atoms with van der Waals surface area (Å²) in [6.07, 6.45) is 0.877. The standard InChI is InChI=1S/C17H22N2O/c1-5-16-15(9-13(4)18-19-16)17(20)10-14-11(2)7-6-8-12(14)3/h6-9,17,20H,5,10H2,1-4H3. The van der Waals surface area contributed by atoms with Crippen LogP contribution in [0.15, 0.2) is 24.3 Å². The molecule has 1 atom stereocenters. The van der Waals surface area contributed by atoms with Crippen LogP contribution in [0.2, 0.25) is 0 Å². The number of rotatable bonds is 4. The lowest BCUT2D eigenvalue weighted by Crippen LogP contribution is -2.10. The normalized spacial score (nSPS) is 12.4. The fraction of sp³-hybridized carbons (Fsp3) is 0.412. The molecule has 1 aromatic carbocycles. The van der Waals surface area contributed by atoms with E-state index in [1.165, 1.54) is 16.7 Å². The molecule has 0 bridgehead atoms. The fourth-order valence-electron chi connectivity index (χ4n) is 2.57. The summed E-state index contributed by atoms with van der Waals surface area (Å²) in [4.78, 5) is 0. The van der Waals surface area contributed by atoms with Gasteiger partial charge in [0.2, 0.25) is 0 Å². The van der Waals surface area contributed by atoms with Gasteiger partial charge in [0.05, 0.1) is 17.5 Å². The number of nitrogens with zero attached hydrogens (tertiary/aromatic N) is 2. The van der Waals surface area contributed by atoms with Crippen LogP contribution in [0.4, 0.5) is 0 Å². The van der Waals surface area contributed by atoms with Gasteiger partial charge in [0, 0.05) is 12.0 Å². The Morgan fingerprint density at radius 3 is 2.35 bits per heavy atom. The summed E-state index contributed by atoms with van der Waals surface area (Å²) >= 11 is 0. The number of aliphatic hydroxyl groups is 1. The Hall–Kier alpha value is -1.74. The van der Waals surface area contributed by atoms with Crippen LogP contribution in [0.3, 0.4) is 0 Å². The molecule has 0 spiro atoms. The smallest absolute Gasteiger partial charge is 0.0849 e. The molecule has 106 valence electrons. The zero-order valence-electron chi connectivity index (χ0n) is 12.6. The number of aliphatic hydroxyl groups excluding tert-OH is 1. The maximum Gasteiger partial charge on any atom is 0.0849 e. The van der Waals surface area contributed by atoms with Crippen LogP contribution in [-0.2, 0) is 12.8 Å². The van der Waals surface area contributed by atoms with Crippen molar-refractivity contribution in [2.75, 3.05) is 0 Å². The Morgan fingerprint density at radius 2 is 1.75 bits per heavy atom. The molecule has 2 rings (SSSR count). The third kappa shape index (κ3) is 3.05. The first-order valence-corrected chi connectivity index (χ1v) is 7.09. The van der Waals surface area contributed by atoms with Gasteiger partial charge in [-0.05, 0) is 49.9 Å². The van der Waals surface area contributed by atoms with Gasteiger partial charge in [-0.2, -0.15) is 10.2 Å². The lowest BCUT2D eigenvalue weighted by molar-refractivity contribution is 0.176. The summed E-state index contributed by atoms with van der Waals surface area (Å²) in [5.74, 6) is 0. The van der Waals surface area contributed by atoms with E-state index in [4.69, 9.17) is 0 Å². The van der Waals surface area contributed by atoms with Crippen LogP contribution in [0.1, 0.15) is 46.7 Å². The van der Waals surface area contributed by atoms with E-state index in [0.717, 1.165) is 23.4 Å². The molecule has 0 amide bonds. The molecule has 0 radical (unpaired) electrons. The number of hydrogen-bond acceptors (Lipinski definition) is 3. The average Bonchev–Trinajstić information content (AvgIpc) is 2.43. The quantitative estimate of drug-likeness (QED) is 0.927. The first-order valence-electron chi connectivity index (χ1n) is 7.09. The lowest BCUT2D eigenvalue weighted by Gasteiger charge is -2.17. The first-order chi connectivity index (χ1) is 9.52. The summed E-state index contributed by atoms with van der Waals surface area (Å²) in [6, 6.07) is 8.18. The topological polar surface area (TPSA) is 46.0 Å². The summed E-state index contributed by atoms with van der Waals surface area (Å²) in [5, 5.41) is 18.9. The van der Waals surface area contributed by atoms with Crippen LogP contribution < -0.4 is 0 Å². The van der Waals surface area contributed by atoms with Crippen LogP contribution in [0.25, 0.3) is 0 Å². The Morgan fingerprint density at radius 1 is 1.10 bits per heavy atom. The fourth-order valence-corrected chi connectivity index (χ4v) is 2.57. The van der Waals surface area contributed by atoms with Crippen molar-refractivity contribution in [2.45, 2.75) is 46.6 Å². The van der Waals surface area contributed by atoms with E-state index < -0.39 is 6.10 Å². The van der Waals surface area contributed by atoms with E-state index in [9.17, 15) is 5.11 Å².